The van der Waals surface area contributed by atoms with Crippen molar-refractivity contribution in [1.82, 2.24) is 19.7 Å². The standard InChI is InChI=1S/C19H19N5O2/c1-14(16-7-3-4-8-17(16)26-2)10-18(25)22-19-21-13-24(23-19)12-15-6-5-9-20-11-15/h3-11,13H,12H2,1-2H3,(H,22,23,25). The maximum atomic E-state index is 12.2. The van der Waals surface area contributed by atoms with Crippen LogP contribution in [0.25, 0.3) is 5.57 Å². The van der Waals surface area contributed by atoms with Crippen LogP contribution in [0.5, 0.6) is 5.75 Å². The molecule has 2 heterocycles. The van der Waals surface area contributed by atoms with Crippen LogP contribution in [0.4, 0.5) is 5.95 Å². The van der Waals surface area contributed by atoms with E-state index in [0.717, 1.165) is 16.7 Å². The highest BCUT2D eigenvalue weighted by atomic mass is 16.5. The number of benzene rings is 1. The van der Waals surface area contributed by atoms with Crippen LogP contribution in [0.15, 0.2) is 61.2 Å². The van der Waals surface area contributed by atoms with Gasteiger partial charge in [0.1, 0.15) is 12.1 Å². The molecule has 0 bridgehead atoms. The Hall–Kier alpha value is -3.48. The molecule has 0 radical (unpaired) electrons. The number of anilines is 1. The van der Waals surface area contributed by atoms with Crippen molar-refractivity contribution in [3.8, 4) is 5.75 Å². The number of nitrogens with one attached hydrogen (secondary N) is 1. The second-order valence-corrected chi connectivity index (χ2v) is 5.64. The van der Waals surface area contributed by atoms with Crippen molar-refractivity contribution < 1.29 is 9.53 Å². The molecule has 0 aliphatic rings. The highest BCUT2D eigenvalue weighted by Gasteiger charge is 2.08. The number of carbonyl (C=O) groups excluding carboxylic acids is 1. The zero-order valence-electron chi connectivity index (χ0n) is 14.6. The van der Waals surface area contributed by atoms with E-state index in [-0.39, 0.29) is 11.9 Å². The number of pyridine rings is 1. The normalized spacial score (nSPS) is 11.2. The second-order valence-electron chi connectivity index (χ2n) is 5.64. The van der Waals surface area contributed by atoms with E-state index in [1.807, 2.05) is 43.3 Å². The number of nitrogens with zero attached hydrogens (tertiary/aromatic N) is 4. The van der Waals surface area contributed by atoms with Gasteiger partial charge in [-0.25, -0.2) is 9.67 Å². The number of allylic oxidation sites excluding steroid dienone is 1. The molecule has 0 saturated carbocycles. The van der Waals surface area contributed by atoms with E-state index in [1.54, 1.807) is 30.5 Å². The maximum Gasteiger partial charge on any atom is 0.251 e. The van der Waals surface area contributed by atoms with Crippen LogP contribution in [0, 0.1) is 0 Å². The van der Waals surface area contributed by atoms with Gasteiger partial charge in [0.05, 0.1) is 13.7 Å². The Morgan fingerprint density at radius 3 is 2.88 bits per heavy atom. The number of methoxy groups -OCH3 is 1. The van der Waals surface area contributed by atoms with Crippen molar-refractivity contribution in [3.63, 3.8) is 0 Å². The minimum absolute atomic E-state index is 0.253. The number of rotatable bonds is 6. The fraction of sp³-hybridized carbons (Fsp3) is 0.158. The number of carbonyl (C=O) groups is 1. The first-order chi connectivity index (χ1) is 12.7. The first-order valence-corrected chi connectivity index (χ1v) is 8.07. The summed E-state index contributed by atoms with van der Waals surface area (Å²) in [5.74, 6) is 0.670. The Labute approximate surface area is 151 Å². The lowest BCUT2D eigenvalue weighted by Crippen LogP contribution is -2.11. The van der Waals surface area contributed by atoms with E-state index in [0.29, 0.717) is 12.3 Å². The molecule has 0 unspecified atom stereocenters. The van der Waals surface area contributed by atoms with E-state index >= 15 is 0 Å². The molecule has 2 aromatic heterocycles. The molecule has 0 atom stereocenters. The quantitative estimate of drug-likeness (QED) is 0.692. The summed E-state index contributed by atoms with van der Waals surface area (Å²) in [7, 11) is 1.60. The average molecular weight is 349 g/mol. The molecule has 26 heavy (non-hydrogen) atoms. The van der Waals surface area contributed by atoms with Crippen LogP contribution in [-0.4, -0.2) is 32.8 Å². The molecule has 1 N–H and O–H groups in total. The van der Waals surface area contributed by atoms with E-state index in [1.165, 1.54) is 6.08 Å². The number of hydrogen-bond acceptors (Lipinski definition) is 5. The molecule has 0 fully saturated rings. The zero-order chi connectivity index (χ0) is 18.4. The molecule has 0 aliphatic carbocycles. The third-order valence-electron chi connectivity index (χ3n) is 3.72. The predicted octanol–water partition coefficient (Wildman–Crippen LogP) is 2.77. The summed E-state index contributed by atoms with van der Waals surface area (Å²) in [5.41, 5.74) is 2.65. The van der Waals surface area contributed by atoms with Crippen LogP contribution >= 0.6 is 0 Å². The van der Waals surface area contributed by atoms with Gasteiger partial charge in [0.25, 0.3) is 5.91 Å². The Bertz CT molecular complexity index is 918. The van der Waals surface area contributed by atoms with Gasteiger partial charge >= 0.3 is 0 Å². The zero-order valence-corrected chi connectivity index (χ0v) is 14.6. The first-order valence-electron chi connectivity index (χ1n) is 8.07. The first kappa shape index (κ1) is 17.3. The summed E-state index contributed by atoms with van der Waals surface area (Å²) in [6, 6.07) is 11.3. The van der Waals surface area contributed by atoms with Crippen molar-refractivity contribution in [3.05, 3.63) is 72.3 Å². The fourth-order valence-corrected chi connectivity index (χ4v) is 2.50. The molecule has 3 aromatic rings. The van der Waals surface area contributed by atoms with Gasteiger partial charge in [-0.2, -0.15) is 0 Å². The van der Waals surface area contributed by atoms with E-state index in [4.69, 9.17) is 4.74 Å². The molecule has 3 rings (SSSR count). The van der Waals surface area contributed by atoms with Crippen molar-refractivity contribution in [2.24, 2.45) is 0 Å². The topological polar surface area (TPSA) is 81.9 Å². The van der Waals surface area contributed by atoms with Crippen molar-refractivity contribution in [1.29, 1.82) is 0 Å². The summed E-state index contributed by atoms with van der Waals surface area (Å²) in [6.07, 6.45) is 6.55. The van der Waals surface area contributed by atoms with Gasteiger partial charge in [-0.3, -0.25) is 15.1 Å². The SMILES string of the molecule is COc1ccccc1C(C)=CC(=O)Nc1ncn(Cc2cccnc2)n1. The number of hydrogen-bond donors (Lipinski definition) is 1. The molecule has 1 aromatic carbocycles. The van der Waals surface area contributed by atoms with Crippen LogP contribution in [0.1, 0.15) is 18.1 Å². The van der Waals surface area contributed by atoms with E-state index in [9.17, 15) is 4.79 Å². The molecular weight excluding hydrogens is 330 g/mol. The van der Waals surface area contributed by atoms with E-state index < -0.39 is 0 Å². The van der Waals surface area contributed by atoms with Gasteiger partial charge < -0.3 is 4.74 Å². The highest BCUT2D eigenvalue weighted by Crippen LogP contribution is 2.25. The number of amides is 1. The van der Waals surface area contributed by atoms with Gasteiger partial charge in [-0.15, -0.1) is 5.10 Å². The van der Waals surface area contributed by atoms with Crippen LogP contribution in [-0.2, 0) is 11.3 Å². The number of aromatic nitrogens is 4. The molecule has 0 saturated heterocycles. The van der Waals surface area contributed by atoms with Crippen LogP contribution in [0.3, 0.4) is 0 Å². The van der Waals surface area contributed by atoms with Crippen molar-refractivity contribution in [2.75, 3.05) is 12.4 Å². The number of ether oxygens (including phenoxy) is 1. The molecule has 7 heteroatoms. The summed E-state index contributed by atoms with van der Waals surface area (Å²) >= 11 is 0. The average Bonchev–Trinajstić information content (AvgIpc) is 3.09. The summed E-state index contributed by atoms with van der Waals surface area (Å²) in [4.78, 5) is 20.4. The lowest BCUT2D eigenvalue weighted by molar-refractivity contribution is -0.111. The highest BCUT2D eigenvalue weighted by molar-refractivity contribution is 6.03. The molecule has 7 nitrogen and oxygen atoms in total. The summed E-state index contributed by atoms with van der Waals surface area (Å²) in [5, 5.41) is 6.92. The van der Waals surface area contributed by atoms with Gasteiger partial charge in [0, 0.05) is 24.0 Å². The molecule has 132 valence electrons. The van der Waals surface area contributed by atoms with Crippen LogP contribution < -0.4 is 10.1 Å². The Kier molecular flexibility index (Phi) is 5.38. The lowest BCUT2D eigenvalue weighted by atomic mass is 10.1. The Balaban J connectivity index is 1.66. The van der Waals surface area contributed by atoms with Crippen molar-refractivity contribution in [2.45, 2.75) is 13.5 Å². The van der Waals surface area contributed by atoms with Crippen molar-refractivity contribution >= 4 is 17.4 Å². The lowest BCUT2D eigenvalue weighted by Gasteiger charge is -2.08. The smallest absolute Gasteiger partial charge is 0.251 e. The third kappa shape index (κ3) is 4.32. The van der Waals surface area contributed by atoms with Gasteiger partial charge in [0.15, 0.2) is 0 Å². The summed E-state index contributed by atoms with van der Waals surface area (Å²) in [6.45, 7) is 2.39. The maximum absolute atomic E-state index is 12.2. The van der Waals surface area contributed by atoms with Gasteiger partial charge in [0.2, 0.25) is 5.95 Å². The van der Waals surface area contributed by atoms with Gasteiger partial charge in [-0.05, 0) is 30.2 Å². The Morgan fingerprint density at radius 1 is 1.27 bits per heavy atom. The molecular formula is C19H19N5O2. The Morgan fingerprint density at radius 2 is 2.12 bits per heavy atom. The van der Waals surface area contributed by atoms with Gasteiger partial charge in [-0.1, -0.05) is 24.3 Å². The molecule has 0 aliphatic heterocycles. The van der Waals surface area contributed by atoms with Crippen LogP contribution in [0.2, 0.25) is 0 Å². The molecule has 0 spiro atoms. The largest absolute Gasteiger partial charge is 0.496 e. The van der Waals surface area contributed by atoms with E-state index in [2.05, 4.69) is 20.4 Å². The second kappa shape index (κ2) is 8.06. The predicted molar refractivity (Wildman–Crippen MR) is 98.6 cm³/mol. The minimum Gasteiger partial charge on any atom is -0.496 e. The molecule has 1 amide bonds. The fourth-order valence-electron chi connectivity index (χ4n) is 2.50. The minimum atomic E-state index is -0.299. The summed E-state index contributed by atoms with van der Waals surface area (Å²) < 4.78 is 6.96. The monoisotopic (exact) mass is 349 g/mol. The number of para-hydroxylation sites is 1. The third-order valence-corrected chi connectivity index (χ3v) is 3.72.